The molecule has 1 aliphatic heterocycles. The monoisotopic (exact) mass is 434 g/mol. The number of carbonyl (C=O) groups is 1. The summed E-state index contributed by atoms with van der Waals surface area (Å²) in [6.45, 7) is 2.95. The average molecular weight is 435 g/mol. The van der Waals surface area contributed by atoms with Gasteiger partial charge in [0.1, 0.15) is 6.61 Å². The molecule has 2 aromatic rings. The first-order valence-electron chi connectivity index (χ1n) is 12.2. The van der Waals surface area contributed by atoms with Crippen LogP contribution < -0.4 is 5.32 Å². The molecule has 1 heterocycles. The smallest absolute Gasteiger partial charge is 0.407 e. The summed E-state index contributed by atoms with van der Waals surface area (Å²) >= 11 is 0. The van der Waals surface area contributed by atoms with Gasteiger partial charge >= 0.3 is 6.09 Å². The third-order valence-electron chi connectivity index (χ3n) is 7.56. The van der Waals surface area contributed by atoms with Gasteiger partial charge in [-0.2, -0.15) is 0 Å². The van der Waals surface area contributed by atoms with Crippen molar-refractivity contribution >= 4 is 6.09 Å². The van der Waals surface area contributed by atoms with Gasteiger partial charge in [0.2, 0.25) is 0 Å². The Balaban J connectivity index is 1.11. The number of carbonyl (C=O) groups excluding carboxylic acids is 1. The summed E-state index contributed by atoms with van der Waals surface area (Å²) in [5.74, 6) is 0.0891. The largest absolute Gasteiger partial charge is 0.449 e. The number of nitrogens with zero attached hydrogens (tertiary/aromatic N) is 1. The summed E-state index contributed by atoms with van der Waals surface area (Å²) in [6.07, 6.45) is 6.84. The summed E-state index contributed by atoms with van der Waals surface area (Å²) in [5.41, 5.74) is 4.43. The van der Waals surface area contributed by atoms with Gasteiger partial charge in [-0.3, -0.25) is 0 Å². The number of likely N-dealkylation sites (tertiary alicyclic amines) is 1. The molecule has 1 amide bonds. The molecule has 5 heteroatoms. The molecule has 1 saturated heterocycles. The fourth-order valence-corrected chi connectivity index (χ4v) is 5.83. The number of amides is 1. The van der Waals surface area contributed by atoms with Crippen molar-refractivity contribution in [1.29, 1.82) is 0 Å². The molecule has 2 N–H and O–H groups in total. The zero-order chi connectivity index (χ0) is 22.0. The van der Waals surface area contributed by atoms with E-state index in [-0.39, 0.29) is 18.1 Å². The number of piperidine rings is 1. The predicted molar refractivity (Wildman–Crippen MR) is 126 cm³/mol. The van der Waals surface area contributed by atoms with Crippen LogP contribution in [0.25, 0.3) is 11.1 Å². The van der Waals surface area contributed by atoms with E-state index in [1.807, 2.05) is 0 Å². The predicted octanol–water partition coefficient (Wildman–Crippen LogP) is 4.68. The Morgan fingerprint density at radius 3 is 2.19 bits per heavy atom. The van der Waals surface area contributed by atoms with Crippen LogP contribution in [0.1, 0.15) is 62.0 Å². The minimum atomic E-state index is -0.509. The summed E-state index contributed by atoms with van der Waals surface area (Å²) in [5, 5.41) is 13.9. The number of hydrogen-bond acceptors (Lipinski definition) is 4. The number of benzene rings is 2. The Hall–Kier alpha value is -2.37. The molecule has 0 atom stereocenters. The van der Waals surface area contributed by atoms with E-state index >= 15 is 0 Å². The topological polar surface area (TPSA) is 61.8 Å². The van der Waals surface area contributed by atoms with Crippen molar-refractivity contribution in [3.63, 3.8) is 0 Å². The second-order valence-electron chi connectivity index (χ2n) is 9.81. The average Bonchev–Trinajstić information content (AvgIpc) is 3.13. The summed E-state index contributed by atoms with van der Waals surface area (Å²) in [7, 11) is 0. The van der Waals surface area contributed by atoms with E-state index in [0.717, 1.165) is 58.2 Å². The first-order chi connectivity index (χ1) is 15.6. The molecule has 0 spiro atoms. The zero-order valence-electron chi connectivity index (χ0n) is 18.8. The second kappa shape index (κ2) is 9.24. The molecule has 0 aromatic heterocycles. The van der Waals surface area contributed by atoms with Gasteiger partial charge in [0.15, 0.2) is 0 Å². The van der Waals surface area contributed by atoms with Crippen molar-refractivity contribution < 1.29 is 14.6 Å². The molecule has 170 valence electrons. The van der Waals surface area contributed by atoms with Crippen LogP contribution in [0.15, 0.2) is 48.5 Å². The Morgan fingerprint density at radius 2 is 1.56 bits per heavy atom. The lowest BCUT2D eigenvalue weighted by atomic mass is 9.84. The number of rotatable bonds is 5. The number of fused-ring (bicyclic) bond motifs is 3. The number of alkyl carbamates (subject to hydrolysis) is 1. The molecule has 3 aliphatic rings. The second-order valence-corrected chi connectivity index (χ2v) is 9.81. The van der Waals surface area contributed by atoms with Gasteiger partial charge in [-0.05, 0) is 47.9 Å². The molecule has 0 bridgehead atoms. The van der Waals surface area contributed by atoms with E-state index in [4.69, 9.17) is 4.74 Å². The fraction of sp³-hybridized carbons (Fsp3) is 0.519. The van der Waals surface area contributed by atoms with Crippen LogP contribution in [-0.2, 0) is 4.74 Å². The van der Waals surface area contributed by atoms with Gasteiger partial charge in [0.25, 0.3) is 0 Å². The fourth-order valence-electron chi connectivity index (χ4n) is 5.83. The molecular weight excluding hydrogens is 400 g/mol. The van der Waals surface area contributed by atoms with Crippen molar-refractivity contribution in [1.82, 2.24) is 10.2 Å². The highest BCUT2D eigenvalue weighted by atomic mass is 16.5. The molecule has 5 rings (SSSR count). The molecule has 2 aromatic carbocycles. The van der Waals surface area contributed by atoms with Crippen LogP contribution in [0.5, 0.6) is 0 Å². The zero-order valence-corrected chi connectivity index (χ0v) is 18.8. The minimum Gasteiger partial charge on any atom is -0.449 e. The van der Waals surface area contributed by atoms with Crippen LogP contribution in [-0.4, -0.2) is 54.0 Å². The third-order valence-corrected chi connectivity index (χ3v) is 7.56. The summed E-state index contributed by atoms with van der Waals surface area (Å²) in [4.78, 5) is 14.9. The summed E-state index contributed by atoms with van der Waals surface area (Å²) in [6, 6.07) is 16.9. The molecule has 2 fully saturated rings. The molecule has 1 saturated carbocycles. The van der Waals surface area contributed by atoms with E-state index < -0.39 is 5.60 Å². The van der Waals surface area contributed by atoms with E-state index in [2.05, 4.69) is 58.7 Å². The highest BCUT2D eigenvalue weighted by Crippen LogP contribution is 2.44. The molecule has 32 heavy (non-hydrogen) atoms. The van der Waals surface area contributed by atoms with Crippen molar-refractivity contribution in [3.8, 4) is 11.1 Å². The van der Waals surface area contributed by atoms with Gasteiger partial charge in [-0.15, -0.1) is 0 Å². The Bertz CT molecular complexity index is 900. The first kappa shape index (κ1) is 21.5. The first-order valence-corrected chi connectivity index (χ1v) is 12.2. The lowest BCUT2D eigenvalue weighted by molar-refractivity contribution is -0.0313. The minimum absolute atomic E-state index is 0.0891. The van der Waals surface area contributed by atoms with E-state index in [1.165, 1.54) is 28.7 Å². The molecule has 5 nitrogen and oxygen atoms in total. The van der Waals surface area contributed by atoms with Crippen molar-refractivity contribution in [2.75, 3.05) is 26.2 Å². The van der Waals surface area contributed by atoms with Gasteiger partial charge in [-0.1, -0.05) is 67.8 Å². The molecular formula is C27H34N2O3. The number of aliphatic hydroxyl groups is 1. The van der Waals surface area contributed by atoms with Crippen LogP contribution in [0, 0.1) is 0 Å². The van der Waals surface area contributed by atoms with E-state index in [1.54, 1.807) is 0 Å². The van der Waals surface area contributed by atoms with Crippen LogP contribution in [0.4, 0.5) is 4.79 Å². The van der Waals surface area contributed by atoms with Crippen molar-refractivity contribution in [3.05, 3.63) is 59.7 Å². The van der Waals surface area contributed by atoms with E-state index in [0.29, 0.717) is 6.61 Å². The number of ether oxygens (including phenoxy) is 1. The molecule has 0 radical (unpaired) electrons. The van der Waals surface area contributed by atoms with Gasteiger partial charge in [0.05, 0.1) is 5.60 Å². The Kier molecular flexibility index (Phi) is 6.20. The SMILES string of the molecule is O=C(NC1CCN(CC2(O)CCCCC2)CC1)OCC1c2ccccc2-c2ccccc21. The maximum Gasteiger partial charge on any atom is 0.407 e. The standard InChI is InChI=1S/C27H34N2O3/c30-26(28-20-12-16-29(17-13-20)19-27(31)14-6-1-7-15-27)32-18-25-23-10-4-2-8-21(23)22-9-3-5-11-24(22)25/h2-5,8-11,20,25,31H,1,6-7,12-19H2,(H,28,30). The molecule has 2 aliphatic carbocycles. The highest BCUT2D eigenvalue weighted by Gasteiger charge is 2.33. The number of β-amino-alcohol motifs (C(OH)–C–C–N with tert-alkyl or cyclic N) is 1. The van der Waals surface area contributed by atoms with Gasteiger partial charge in [0, 0.05) is 31.6 Å². The normalized spacial score (nSPS) is 21.0. The number of nitrogens with one attached hydrogen (secondary N) is 1. The van der Waals surface area contributed by atoms with Gasteiger partial charge < -0.3 is 20.1 Å². The summed E-state index contributed by atoms with van der Waals surface area (Å²) < 4.78 is 5.70. The van der Waals surface area contributed by atoms with Gasteiger partial charge in [-0.25, -0.2) is 4.79 Å². The third kappa shape index (κ3) is 4.55. The van der Waals surface area contributed by atoms with E-state index in [9.17, 15) is 9.90 Å². The van der Waals surface area contributed by atoms with Crippen molar-refractivity contribution in [2.45, 2.75) is 62.5 Å². The quantitative estimate of drug-likeness (QED) is 0.717. The van der Waals surface area contributed by atoms with Crippen LogP contribution in [0.2, 0.25) is 0 Å². The highest BCUT2D eigenvalue weighted by molar-refractivity contribution is 5.79. The Morgan fingerprint density at radius 1 is 0.969 bits per heavy atom. The number of hydrogen-bond donors (Lipinski definition) is 2. The maximum absolute atomic E-state index is 12.6. The maximum atomic E-state index is 12.6. The Labute approximate surface area is 190 Å². The molecule has 0 unspecified atom stereocenters. The lowest BCUT2D eigenvalue weighted by Gasteiger charge is -2.40. The van der Waals surface area contributed by atoms with Crippen LogP contribution in [0.3, 0.4) is 0 Å². The van der Waals surface area contributed by atoms with Crippen molar-refractivity contribution in [2.24, 2.45) is 0 Å². The lowest BCUT2D eigenvalue weighted by Crippen LogP contribution is -2.50. The van der Waals surface area contributed by atoms with Crippen LogP contribution >= 0.6 is 0 Å².